The Balaban J connectivity index is 1.63. The van der Waals surface area contributed by atoms with E-state index in [4.69, 9.17) is 9.47 Å². The number of rotatable bonds is 7. The van der Waals surface area contributed by atoms with Gasteiger partial charge in [0.2, 0.25) is 5.91 Å². The number of nitrogens with one attached hydrogen (secondary N) is 2. The van der Waals surface area contributed by atoms with E-state index in [2.05, 4.69) is 15.7 Å². The van der Waals surface area contributed by atoms with Gasteiger partial charge in [-0.15, -0.1) is 0 Å². The van der Waals surface area contributed by atoms with Crippen molar-refractivity contribution in [1.29, 1.82) is 0 Å². The van der Waals surface area contributed by atoms with E-state index in [1.165, 1.54) is 7.11 Å². The molecule has 0 aliphatic rings. The molecule has 0 bridgehead atoms. The van der Waals surface area contributed by atoms with Gasteiger partial charge in [0, 0.05) is 23.9 Å². The first-order valence-electron chi connectivity index (χ1n) is 8.84. The van der Waals surface area contributed by atoms with Crippen LogP contribution < -0.4 is 16.2 Å². The Morgan fingerprint density at radius 3 is 2.59 bits per heavy atom. The van der Waals surface area contributed by atoms with Crippen molar-refractivity contribution < 1.29 is 19.1 Å². The summed E-state index contributed by atoms with van der Waals surface area (Å²) >= 11 is 0. The molecule has 0 aliphatic heterocycles. The summed E-state index contributed by atoms with van der Waals surface area (Å²) < 4.78 is 10.8. The summed E-state index contributed by atoms with van der Waals surface area (Å²) in [4.78, 5) is 36.5. The monoisotopic (exact) mass is 396 g/mol. The molecular weight excluding hydrogens is 376 g/mol. The van der Waals surface area contributed by atoms with Gasteiger partial charge in [-0.25, -0.2) is 9.48 Å². The van der Waals surface area contributed by atoms with Crippen molar-refractivity contribution in [3.8, 4) is 0 Å². The van der Waals surface area contributed by atoms with E-state index in [-0.39, 0.29) is 18.7 Å². The minimum absolute atomic E-state index is 0.131. The summed E-state index contributed by atoms with van der Waals surface area (Å²) in [7, 11) is 1.51. The number of carbonyl (C=O) groups is 2. The van der Waals surface area contributed by atoms with Gasteiger partial charge < -0.3 is 14.8 Å². The molecule has 9 nitrogen and oxygen atoms in total. The molecule has 3 aromatic rings. The van der Waals surface area contributed by atoms with E-state index in [1.54, 1.807) is 48.7 Å². The van der Waals surface area contributed by atoms with Crippen molar-refractivity contribution in [1.82, 2.24) is 9.78 Å². The van der Waals surface area contributed by atoms with Crippen molar-refractivity contribution in [2.75, 3.05) is 31.0 Å². The fourth-order valence-corrected chi connectivity index (χ4v) is 2.62. The molecule has 2 aromatic carbocycles. The van der Waals surface area contributed by atoms with Crippen LogP contribution in [0.15, 0.2) is 59.5 Å². The lowest BCUT2D eigenvalue weighted by Crippen LogP contribution is -2.29. The zero-order valence-electron chi connectivity index (χ0n) is 15.8. The predicted octanol–water partition coefficient (Wildman–Crippen LogP) is 2.23. The van der Waals surface area contributed by atoms with Crippen molar-refractivity contribution in [2.45, 2.75) is 6.54 Å². The molecule has 0 radical (unpaired) electrons. The molecule has 0 fully saturated rings. The molecule has 150 valence electrons. The number of methoxy groups -OCH3 is 1. The van der Waals surface area contributed by atoms with Crippen LogP contribution in [0.4, 0.5) is 16.2 Å². The highest BCUT2D eigenvalue weighted by Crippen LogP contribution is 2.15. The van der Waals surface area contributed by atoms with Crippen LogP contribution in [0, 0.1) is 0 Å². The van der Waals surface area contributed by atoms with Crippen LogP contribution in [0.3, 0.4) is 0 Å². The van der Waals surface area contributed by atoms with Gasteiger partial charge in [-0.2, -0.15) is 5.10 Å². The van der Waals surface area contributed by atoms with Gasteiger partial charge in [-0.3, -0.25) is 14.9 Å². The number of benzene rings is 2. The zero-order chi connectivity index (χ0) is 20.6. The maximum Gasteiger partial charge on any atom is 0.411 e. The average molecular weight is 396 g/mol. The number of amides is 2. The molecule has 1 heterocycles. The van der Waals surface area contributed by atoms with E-state index in [1.807, 2.05) is 6.07 Å². The van der Waals surface area contributed by atoms with Crippen LogP contribution in [0.25, 0.3) is 10.8 Å². The lowest BCUT2D eigenvalue weighted by atomic mass is 10.2. The van der Waals surface area contributed by atoms with Crippen LogP contribution >= 0.6 is 0 Å². The Hall–Kier alpha value is -3.72. The van der Waals surface area contributed by atoms with Gasteiger partial charge >= 0.3 is 6.09 Å². The summed E-state index contributed by atoms with van der Waals surface area (Å²) in [5, 5.41) is 10.5. The van der Waals surface area contributed by atoms with Crippen molar-refractivity contribution >= 4 is 34.1 Å². The molecule has 2 N–H and O–H groups in total. The quantitative estimate of drug-likeness (QED) is 0.593. The van der Waals surface area contributed by atoms with Crippen LogP contribution in [0.5, 0.6) is 0 Å². The minimum Gasteiger partial charge on any atom is -0.447 e. The Kier molecular flexibility index (Phi) is 6.54. The zero-order valence-corrected chi connectivity index (χ0v) is 15.8. The van der Waals surface area contributed by atoms with Crippen molar-refractivity contribution in [3.05, 3.63) is 65.1 Å². The fourth-order valence-electron chi connectivity index (χ4n) is 2.62. The third-order valence-corrected chi connectivity index (χ3v) is 3.97. The van der Waals surface area contributed by atoms with Gasteiger partial charge in [-0.05, 0) is 24.3 Å². The molecule has 0 saturated carbocycles. The molecule has 0 aliphatic carbocycles. The highest BCUT2D eigenvalue weighted by Gasteiger charge is 2.10. The predicted molar refractivity (Wildman–Crippen MR) is 108 cm³/mol. The summed E-state index contributed by atoms with van der Waals surface area (Å²) in [6.07, 6.45) is 0.918. The molecule has 9 heteroatoms. The van der Waals surface area contributed by atoms with Crippen LogP contribution in [0.2, 0.25) is 0 Å². The van der Waals surface area contributed by atoms with Gasteiger partial charge in [0.15, 0.2) is 0 Å². The fraction of sp³-hybridized carbons (Fsp3) is 0.200. The van der Waals surface area contributed by atoms with Crippen molar-refractivity contribution in [3.63, 3.8) is 0 Å². The van der Waals surface area contributed by atoms with Crippen LogP contribution in [-0.2, 0) is 20.8 Å². The van der Waals surface area contributed by atoms with Gasteiger partial charge in [0.25, 0.3) is 5.56 Å². The lowest BCUT2D eigenvalue weighted by Gasteiger charge is -2.10. The highest BCUT2D eigenvalue weighted by molar-refractivity contribution is 5.92. The summed E-state index contributed by atoms with van der Waals surface area (Å²) in [6.45, 7) is 0.193. The number of anilines is 2. The number of aromatic nitrogens is 2. The summed E-state index contributed by atoms with van der Waals surface area (Å²) in [6, 6.07) is 13.6. The minimum atomic E-state index is -0.627. The Morgan fingerprint density at radius 1 is 1.03 bits per heavy atom. The Bertz CT molecular complexity index is 1080. The third-order valence-electron chi connectivity index (χ3n) is 3.97. The second-order valence-electron chi connectivity index (χ2n) is 6.08. The molecule has 0 unspecified atom stereocenters. The normalized spacial score (nSPS) is 10.5. The van der Waals surface area contributed by atoms with E-state index in [9.17, 15) is 14.4 Å². The van der Waals surface area contributed by atoms with Gasteiger partial charge in [0.05, 0.1) is 18.2 Å². The third kappa shape index (κ3) is 5.39. The first kappa shape index (κ1) is 20.0. The molecule has 0 atom stereocenters. The molecule has 29 heavy (non-hydrogen) atoms. The van der Waals surface area contributed by atoms with Crippen LogP contribution in [0.1, 0.15) is 0 Å². The second-order valence-corrected chi connectivity index (χ2v) is 6.08. The van der Waals surface area contributed by atoms with E-state index in [0.717, 1.165) is 4.68 Å². The highest BCUT2D eigenvalue weighted by atomic mass is 16.6. The van der Waals surface area contributed by atoms with E-state index >= 15 is 0 Å². The average Bonchev–Trinajstić information content (AvgIpc) is 2.71. The molecule has 0 saturated heterocycles. The van der Waals surface area contributed by atoms with Crippen molar-refractivity contribution in [2.24, 2.45) is 0 Å². The van der Waals surface area contributed by atoms with Gasteiger partial charge in [-0.1, -0.05) is 24.3 Å². The lowest BCUT2D eigenvalue weighted by molar-refractivity contribution is -0.117. The first-order chi connectivity index (χ1) is 14.1. The Morgan fingerprint density at radius 2 is 1.79 bits per heavy atom. The van der Waals surface area contributed by atoms with Crippen LogP contribution in [-0.4, -0.2) is 42.1 Å². The number of hydrogen-bond donors (Lipinski definition) is 2. The Labute approximate surface area is 166 Å². The number of carbonyl (C=O) groups excluding carboxylic acids is 2. The standard InChI is InChI=1S/C20H20N4O5/c1-28-9-10-29-20(27)23-16-7-4-6-15(11-16)22-18(25)13-24-19(26)17-8-3-2-5-14(17)12-21-24/h2-8,11-12H,9-10,13H2,1H3,(H,22,25)(H,23,27). The SMILES string of the molecule is COCCOC(=O)Nc1cccc(NC(=O)Cn2ncc3ccccc3c2=O)c1. The number of ether oxygens (including phenoxy) is 2. The first-order valence-corrected chi connectivity index (χ1v) is 8.84. The smallest absolute Gasteiger partial charge is 0.411 e. The molecule has 0 spiro atoms. The second kappa shape index (κ2) is 9.47. The maximum atomic E-state index is 12.5. The number of fused-ring (bicyclic) bond motifs is 1. The van der Waals surface area contributed by atoms with E-state index in [0.29, 0.717) is 28.8 Å². The summed E-state index contributed by atoms with van der Waals surface area (Å²) in [5.74, 6) is -0.422. The number of nitrogens with zero attached hydrogens (tertiary/aromatic N) is 2. The largest absolute Gasteiger partial charge is 0.447 e. The topological polar surface area (TPSA) is 112 Å². The molecular formula is C20H20N4O5. The molecule has 1 aromatic heterocycles. The molecule has 2 amide bonds. The summed E-state index contributed by atoms with van der Waals surface area (Å²) in [5.41, 5.74) is 0.567. The maximum absolute atomic E-state index is 12.5. The van der Waals surface area contributed by atoms with E-state index < -0.39 is 12.0 Å². The molecule has 3 rings (SSSR count). The van der Waals surface area contributed by atoms with Gasteiger partial charge in [0.1, 0.15) is 13.2 Å². The number of hydrogen-bond acceptors (Lipinski definition) is 6.